The van der Waals surface area contributed by atoms with Crippen LogP contribution in [0.3, 0.4) is 0 Å². The maximum Gasteiger partial charge on any atom is 0.209 e. The van der Waals surface area contributed by atoms with E-state index in [0.717, 1.165) is 10.9 Å². The summed E-state index contributed by atoms with van der Waals surface area (Å²) in [5, 5.41) is 12.8. The van der Waals surface area contributed by atoms with Crippen LogP contribution in [0, 0.1) is 0 Å². The molecule has 6 heteroatoms. The highest BCUT2D eigenvalue weighted by atomic mass is 35.5. The molecule has 1 fully saturated rings. The minimum absolute atomic E-state index is 0.509. The summed E-state index contributed by atoms with van der Waals surface area (Å²) in [6, 6.07) is 0.509. The summed E-state index contributed by atoms with van der Waals surface area (Å²) in [5.74, 6) is 1.44. The van der Waals surface area contributed by atoms with E-state index in [1.54, 1.807) is 11.8 Å². The summed E-state index contributed by atoms with van der Waals surface area (Å²) in [6.07, 6.45) is 8.98. The van der Waals surface area contributed by atoms with Crippen LogP contribution in [-0.4, -0.2) is 31.8 Å². The third-order valence-corrected chi connectivity index (χ3v) is 3.76. The number of halogens is 1. The first-order valence-corrected chi connectivity index (χ1v) is 7.05. The van der Waals surface area contributed by atoms with Crippen molar-refractivity contribution >= 4 is 23.4 Å². The van der Waals surface area contributed by atoms with Gasteiger partial charge in [-0.1, -0.05) is 36.8 Å². The van der Waals surface area contributed by atoms with Gasteiger partial charge < -0.3 is 0 Å². The molecular formula is C10H15ClN4S. The third kappa shape index (κ3) is 2.98. The van der Waals surface area contributed by atoms with E-state index >= 15 is 0 Å². The molecule has 0 N–H and O–H groups in total. The SMILES string of the molecule is ClCC=CCSc1nnnn1C1CCCC1. The molecule has 0 atom stereocenters. The van der Waals surface area contributed by atoms with Crippen LogP contribution in [-0.2, 0) is 0 Å². The molecule has 1 heterocycles. The van der Waals surface area contributed by atoms with Crippen molar-refractivity contribution in [2.24, 2.45) is 0 Å². The predicted molar refractivity (Wildman–Crippen MR) is 65.9 cm³/mol. The van der Waals surface area contributed by atoms with Gasteiger partial charge in [-0.3, -0.25) is 0 Å². The van der Waals surface area contributed by atoms with Crippen LogP contribution in [0.4, 0.5) is 0 Å². The van der Waals surface area contributed by atoms with Crippen molar-refractivity contribution in [2.75, 3.05) is 11.6 Å². The Morgan fingerprint density at radius 2 is 2.19 bits per heavy atom. The van der Waals surface area contributed by atoms with Crippen LogP contribution in [0.5, 0.6) is 0 Å². The van der Waals surface area contributed by atoms with Gasteiger partial charge in [0.05, 0.1) is 6.04 Å². The average Bonchev–Trinajstić information content (AvgIpc) is 2.94. The van der Waals surface area contributed by atoms with E-state index in [1.165, 1.54) is 25.7 Å². The number of hydrogen-bond acceptors (Lipinski definition) is 4. The molecule has 0 spiro atoms. The van der Waals surface area contributed by atoms with Crippen LogP contribution in [0.2, 0.25) is 0 Å². The Morgan fingerprint density at radius 1 is 1.38 bits per heavy atom. The molecule has 0 amide bonds. The molecule has 1 aromatic rings. The quantitative estimate of drug-likeness (QED) is 0.463. The van der Waals surface area contributed by atoms with Gasteiger partial charge in [0.1, 0.15) is 0 Å². The molecule has 2 rings (SSSR count). The van der Waals surface area contributed by atoms with Gasteiger partial charge in [-0.05, 0) is 23.3 Å². The summed E-state index contributed by atoms with van der Waals surface area (Å²) >= 11 is 7.22. The molecule has 0 radical (unpaired) electrons. The number of tetrazole rings is 1. The molecule has 88 valence electrons. The van der Waals surface area contributed by atoms with Crippen molar-refractivity contribution < 1.29 is 0 Å². The Balaban J connectivity index is 1.93. The fourth-order valence-electron chi connectivity index (χ4n) is 1.91. The van der Waals surface area contributed by atoms with Gasteiger partial charge in [-0.15, -0.1) is 16.7 Å². The first kappa shape index (κ1) is 11.9. The average molecular weight is 259 g/mol. The minimum atomic E-state index is 0.509. The van der Waals surface area contributed by atoms with Crippen LogP contribution >= 0.6 is 23.4 Å². The van der Waals surface area contributed by atoms with E-state index < -0.39 is 0 Å². The fourth-order valence-corrected chi connectivity index (χ4v) is 2.83. The van der Waals surface area contributed by atoms with Crippen molar-refractivity contribution in [2.45, 2.75) is 36.9 Å². The maximum absolute atomic E-state index is 5.56. The second-order valence-corrected chi connectivity index (χ2v) is 5.08. The minimum Gasteiger partial charge on any atom is -0.217 e. The molecule has 1 aliphatic rings. The number of rotatable bonds is 5. The number of thioether (sulfide) groups is 1. The molecule has 0 aromatic carbocycles. The predicted octanol–water partition coefficient (Wildman–Crippen LogP) is 2.68. The van der Waals surface area contributed by atoms with E-state index in [0.29, 0.717) is 11.9 Å². The van der Waals surface area contributed by atoms with E-state index in [-0.39, 0.29) is 0 Å². The Kier molecular flexibility index (Phi) is 4.66. The monoisotopic (exact) mass is 258 g/mol. The topological polar surface area (TPSA) is 43.6 Å². The summed E-state index contributed by atoms with van der Waals surface area (Å²) in [6.45, 7) is 0. The number of aromatic nitrogens is 4. The van der Waals surface area contributed by atoms with E-state index in [1.807, 2.05) is 16.8 Å². The van der Waals surface area contributed by atoms with E-state index in [4.69, 9.17) is 11.6 Å². The zero-order valence-electron chi connectivity index (χ0n) is 9.05. The van der Waals surface area contributed by atoms with E-state index in [2.05, 4.69) is 15.5 Å². The second-order valence-electron chi connectivity index (χ2n) is 3.78. The summed E-state index contributed by atoms with van der Waals surface area (Å²) in [7, 11) is 0. The largest absolute Gasteiger partial charge is 0.217 e. The lowest BCUT2D eigenvalue weighted by molar-refractivity contribution is 0.423. The molecule has 0 unspecified atom stereocenters. The summed E-state index contributed by atoms with van der Waals surface area (Å²) in [5.41, 5.74) is 0. The number of hydrogen-bond donors (Lipinski definition) is 0. The first-order valence-electron chi connectivity index (χ1n) is 5.53. The molecule has 0 aliphatic heterocycles. The van der Waals surface area contributed by atoms with E-state index in [9.17, 15) is 0 Å². The van der Waals surface area contributed by atoms with Gasteiger partial charge >= 0.3 is 0 Å². The van der Waals surface area contributed by atoms with Crippen LogP contribution < -0.4 is 0 Å². The van der Waals surface area contributed by atoms with Gasteiger partial charge in [0.2, 0.25) is 5.16 Å². The Hall–Kier alpha value is -0.550. The number of allylic oxidation sites excluding steroid dienone is 1. The van der Waals surface area contributed by atoms with Gasteiger partial charge in [0.25, 0.3) is 0 Å². The third-order valence-electron chi connectivity index (χ3n) is 2.70. The Bertz CT molecular complexity index is 346. The van der Waals surface area contributed by atoms with Crippen molar-refractivity contribution in [1.29, 1.82) is 0 Å². The summed E-state index contributed by atoms with van der Waals surface area (Å²) in [4.78, 5) is 0. The standard InChI is InChI=1S/C10H15ClN4S/c11-7-3-4-8-16-10-12-13-14-15(10)9-5-1-2-6-9/h3-4,9H,1-2,5-8H2. The van der Waals surface area contributed by atoms with Crippen molar-refractivity contribution in [3.8, 4) is 0 Å². The lowest BCUT2D eigenvalue weighted by Crippen LogP contribution is -2.08. The fraction of sp³-hybridized carbons (Fsp3) is 0.700. The van der Waals surface area contributed by atoms with Gasteiger partial charge in [-0.2, -0.15) is 0 Å². The zero-order valence-corrected chi connectivity index (χ0v) is 10.6. The van der Waals surface area contributed by atoms with Crippen molar-refractivity contribution in [1.82, 2.24) is 20.2 Å². The second kappa shape index (κ2) is 6.25. The molecule has 16 heavy (non-hydrogen) atoms. The highest BCUT2D eigenvalue weighted by Crippen LogP contribution is 2.31. The number of alkyl halides is 1. The Morgan fingerprint density at radius 3 is 2.94 bits per heavy atom. The van der Waals surface area contributed by atoms with Crippen molar-refractivity contribution in [3.63, 3.8) is 0 Å². The lowest BCUT2D eigenvalue weighted by atomic mass is 10.3. The normalized spacial score (nSPS) is 17.6. The van der Waals surface area contributed by atoms with Gasteiger partial charge in [0.15, 0.2) is 0 Å². The molecule has 1 saturated carbocycles. The van der Waals surface area contributed by atoms with Gasteiger partial charge in [0, 0.05) is 11.6 Å². The molecule has 0 bridgehead atoms. The number of nitrogens with zero attached hydrogens (tertiary/aromatic N) is 4. The smallest absolute Gasteiger partial charge is 0.209 e. The Labute approximate surface area is 104 Å². The lowest BCUT2D eigenvalue weighted by Gasteiger charge is -2.09. The van der Waals surface area contributed by atoms with Crippen molar-refractivity contribution in [3.05, 3.63) is 12.2 Å². The summed E-state index contributed by atoms with van der Waals surface area (Å²) < 4.78 is 1.98. The molecular weight excluding hydrogens is 244 g/mol. The highest BCUT2D eigenvalue weighted by molar-refractivity contribution is 7.99. The molecule has 4 nitrogen and oxygen atoms in total. The molecule has 0 saturated heterocycles. The molecule has 1 aromatic heterocycles. The van der Waals surface area contributed by atoms with Crippen LogP contribution in [0.1, 0.15) is 31.7 Å². The first-order chi connectivity index (χ1) is 7.92. The van der Waals surface area contributed by atoms with Gasteiger partial charge in [-0.25, -0.2) is 4.68 Å². The van der Waals surface area contributed by atoms with Crippen LogP contribution in [0.25, 0.3) is 0 Å². The highest BCUT2D eigenvalue weighted by Gasteiger charge is 2.21. The zero-order chi connectivity index (χ0) is 11.2. The maximum atomic E-state index is 5.56. The van der Waals surface area contributed by atoms with Crippen LogP contribution in [0.15, 0.2) is 17.3 Å². The molecule has 1 aliphatic carbocycles.